The highest BCUT2D eigenvalue weighted by Crippen LogP contribution is 2.48. The molecule has 1 radical (unpaired) electrons. The van der Waals surface area contributed by atoms with Crippen molar-refractivity contribution < 1.29 is 50.8 Å². The summed E-state index contributed by atoms with van der Waals surface area (Å²) in [5.74, 6) is 2.65. The number of nitrogens with two attached hydrogens (primary N) is 1. The van der Waals surface area contributed by atoms with Crippen molar-refractivity contribution in [1.82, 2.24) is 68.1 Å². The maximum atomic E-state index is 13.5. The molecule has 1 aliphatic heterocycles. The molecule has 0 unspecified atom stereocenters. The van der Waals surface area contributed by atoms with Gasteiger partial charge in [-0.2, -0.15) is 10.3 Å². The van der Waals surface area contributed by atoms with Crippen LogP contribution in [0.3, 0.4) is 0 Å². The van der Waals surface area contributed by atoms with Crippen molar-refractivity contribution in [3.05, 3.63) is 195 Å². The first-order chi connectivity index (χ1) is 68.6. The number of halogens is 8. The fraction of sp³-hybridized carbons (Fsp3) is 0.560. The number of anilines is 1. The molecule has 793 valence electrons. The number of nitrogens with zero attached hydrogens (tertiary/aromatic N) is 14. The molecular formula is C109H155BBr3Cl2F3N16O8Si4+. The van der Waals surface area contributed by atoms with Crippen LogP contribution >= 0.6 is 71.0 Å². The molecule has 18 rings (SSSR count). The maximum absolute atomic E-state index is 13.5. The lowest BCUT2D eigenvalue weighted by Gasteiger charge is -2.41. The largest absolute Gasteiger partial charge is 0.569 e. The van der Waals surface area contributed by atoms with E-state index in [0.717, 1.165) is 238 Å². The number of fused-ring (bicyclic) bond motifs is 5. The normalized spacial score (nSPS) is 20.4. The lowest BCUT2D eigenvalue weighted by molar-refractivity contribution is 0.0596. The van der Waals surface area contributed by atoms with Crippen molar-refractivity contribution in [1.29, 1.82) is 0 Å². The minimum absolute atomic E-state index is 0.0794. The minimum Gasteiger partial charge on any atom is -0.537 e. The van der Waals surface area contributed by atoms with Gasteiger partial charge in [0.1, 0.15) is 75.7 Å². The highest BCUT2D eigenvalue weighted by Gasteiger charge is 2.45. The van der Waals surface area contributed by atoms with E-state index in [1.54, 1.807) is 24.5 Å². The van der Waals surface area contributed by atoms with E-state index in [1.165, 1.54) is 61.4 Å². The van der Waals surface area contributed by atoms with Crippen molar-refractivity contribution in [2.45, 2.75) is 385 Å². The van der Waals surface area contributed by atoms with Gasteiger partial charge in [0.05, 0.1) is 23.0 Å². The van der Waals surface area contributed by atoms with Gasteiger partial charge < -0.3 is 61.6 Å². The zero-order valence-electron chi connectivity index (χ0n) is 90.0. The average molecular weight is 2310 g/mol. The summed E-state index contributed by atoms with van der Waals surface area (Å²) in [7, 11) is -6.16. The molecule has 3 aromatic carbocycles. The van der Waals surface area contributed by atoms with Gasteiger partial charge in [0.15, 0.2) is 33.3 Å². The van der Waals surface area contributed by atoms with Crippen LogP contribution in [0.4, 0.5) is 19.0 Å². The molecule has 0 saturated heterocycles. The Kier molecular flexibility index (Phi) is 42.4. The van der Waals surface area contributed by atoms with Crippen LogP contribution in [0.2, 0.25) is 83.1 Å². The van der Waals surface area contributed by atoms with Crippen molar-refractivity contribution in [2.24, 2.45) is 5.73 Å². The van der Waals surface area contributed by atoms with Crippen molar-refractivity contribution in [3.63, 3.8) is 0 Å². The second-order valence-corrected chi connectivity index (χ2v) is 67.7. The zero-order valence-corrected chi connectivity index (χ0v) is 100. The summed E-state index contributed by atoms with van der Waals surface area (Å²) in [4.78, 5) is 43.5. The minimum atomic E-state index is -1.75. The lowest BCUT2D eigenvalue weighted by Crippen LogP contribution is -2.45. The summed E-state index contributed by atoms with van der Waals surface area (Å²) in [5.41, 5.74) is 13.9. The number of aliphatic hydroxyl groups is 2. The quantitative estimate of drug-likeness (QED) is 0.0303. The van der Waals surface area contributed by atoms with Gasteiger partial charge in [0.25, 0.3) is 5.82 Å². The molecule has 0 spiro atoms. The highest BCUT2D eigenvalue weighted by atomic mass is 79.9. The summed E-state index contributed by atoms with van der Waals surface area (Å²) in [5, 5.41) is 35.9. The molecule has 146 heavy (non-hydrogen) atoms. The molecule has 0 atom stereocenters. The van der Waals surface area contributed by atoms with Crippen LogP contribution in [0.15, 0.2) is 138 Å². The Labute approximate surface area is 903 Å². The molecule has 6 aliphatic rings. The average Bonchev–Trinajstić information content (AvgIpc) is 1.56. The molecule has 0 bridgehead atoms. The van der Waals surface area contributed by atoms with Crippen LogP contribution in [-0.2, 0) is 17.7 Å². The van der Waals surface area contributed by atoms with Crippen LogP contribution in [0.25, 0.3) is 70.9 Å². The Hall–Kier alpha value is -7.11. The number of nitrogens with one attached hydrogen (secondary N) is 1. The number of aliphatic hydroxyl groups excluding tert-OH is 2. The zero-order chi connectivity index (χ0) is 107. The number of hydrogen-bond donors (Lipinski definition) is 5. The smallest absolute Gasteiger partial charge is 0.537 e. The number of aromatic nitrogens is 14. The third-order valence-electron chi connectivity index (χ3n) is 30.6. The van der Waals surface area contributed by atoms with Crippen LogP contribution in [-0.4, -0.2) is 167 Å². The van der Waals surface area contributed by atoms with Crippen molar-refractivity contribution in [3.8, 4) is 28.0 Å². The fourth-order valence-electron chi connectivity index (χ4n) is 17.9. The van der Waals surface area contributed by atoms with Crippen LogP contribution in [0, 0.1) is 44.4 Å². The molecule has 5 saturated carbocycles. The lowest BCUT2D eigenvalue weighted by atomic mass is 9.93. The second kappa shape index (κ2) is 52.0. The Bertz CT molecular complexity index is 6110. The fourth-order valence-corrected chi connectivity index (χ4v) is 25.2. The second-order valence-electron chi connectivity index (χ2n) is 45.5. The molecule has 24 nitrogen and oxygen atoms in total. The first kappa shape index (κ1) is 119. The van der Waals surface area contributed by atoms with Crippen molar-refractivity contribution in [2.75, 3.05) is 11.9 Å². The first-order valence-electron chi connectivity index (χ1n) is 51.7. The van der Waals surface area contributed by atoms with Gasteiger partial charge >= 0.3 is 7.69 Å². The van der Waals surface area contributed by atoms with E-state index in [4.69, 9.17) is 56.6 Å². The number of benzene rings is 3. The standard InChI is InChI=1S/C25H34FN3OSi.C19H30BrN3OSi.C19H20FN3O.C18H27BrClN3OSi.C12H26O2Si.C6H5BFO2.C6H2BrClN3.C4H11N/c1-17-27-15-22-23(18-7-9-19(26)10-8-18)16-29(24(22)28-17)20-11-13-21(14-12-20)30-31(5,6)25(2,3)4;1-13-21-11-16-17(20)12-23(18(16)22-13)14-7-9-15(10-8-14)24-25(5,6)19(2,3)4;1-12-21-10-17-18(13-2-4-14(20)5-3-13)11-23(19(17)22-12)15-6-8-16(24)9-7-15;1-18(2,3)25(4,5)24-13-8-6-12(7-9-13)23-11-15(19)14-10-21-17(20)22-16(14)23;1-12(2,3)15(4,5)14-11-8-6-10(13)7-9-11;8-5-1-3-6(4-2-5)10-7-9;7-4-2-9-5-3(4)1-10-6(8)11-5;1-2-3-4-5/h7-10,15-16,20-21H,11-14H2,1-6H3;11-12,14-15H,7-10H2,1-6H3;2-5,10-11,15-16,24H,6-9H2,1H3;10-13H,6-9H2,1-5H3;10-11,13H,6-9H2,1-5H3;1-4,9H;1H,(H,9,10,11);2-5H2,1H3/q;;;;;;+1;. The Morgan fingerprint density at radius 3 is 1.03 bits per heavy atom. The van der Waals surface area contributed by atoms with E-state index in [2.05, 4.69) is 294 Å². The van der Waals surface area contributed by atoms with Gasteiger partial charge in [-0.15, -0.1) is 4.98 Å². The summed E-state index contributed by atoms with van der Waals surface area (Å²) in [6.07, 6.45) is 44.9. The van der Waals surface area contributed by atoms with Crippen molar-refractivity contribution >= 4 is 166 Å². The third kappa shape index (κ3) is 32.3. The molecule has 6 N–H and O–H groups in total. The van der Waals surface area contributed by atoms with E-state index >= 15 is 0 Å². The molecule has 10 heterocycles. The van der Waals surface area contributed by atoms with E-state index < -0.39 is 33.3 Å². The Morgan fingerprint density at radius 2 is 0.699 bits per heavy atom. The van der Waals surface area contributed by atoms with Crippen LogP contribution in [0.1, 0.15) is 278 Å². The molecule has 37 heteroatoms. The maximum Gasteiger partial charge on any atom is 0.569 e. The van der Waals surface area contributed by atoms with Crippen LogP contribution < -0.4 is 15.7 Å². The van der Waals surface area contributed by atoms with Gasteiger partial charge in [-0.1, -0.05) is 121 Å². The molecule has 9 aromatic heterocycles. The van der Waals surface area contributed by atoms with Gasteiger partial charge in [-0.25, -0.2) is 53.0 Å². The Morgan fingerprint density at radius 1 is 0.411 bits per heavy atom. The van der Waals surface area contributed by atoms with Gasteiger partial charge in [0, 0.05) is 129 Å². The number of unbranched alkanes of at least 4 members (excludes halogenated alkanes) is 1. The monoisotopic (exact) mass is 2300 g/mol. The molecule has 5 fully saturated rings. The van der Waals surface area contributed by atoms with Gasteiger partial charge in [-0.05, 0) is 365 Å². The molecule has 5 aliphatic carbocycles. The van der Waals surface area contributed by atoms with E-state index in [9.17, 15) is 23.4 Å². The molecular weight excluding hydrogens is 2150 g/mol. The number of hydrogen-bond acceptors (Lipinski definition) is 20. The number of rotatable bonds is 18. The number of aryl methyl sites for hydroxylation is 3. The summed E-state index contributed by atoms with van der Waals surface area (Å²) < 4.78 is 81.8. The highest BCUT2D eigenvalue weighted by molar-refractivity contribution is 9.15. The van der Waals surface area contributed by atoms with E-state index in [0.29, 0.717) is 78.2 Å². The Balaban J connectivity index is 0.000000165. The summed E-state index contributed by atoms with van der Waals surface area (Å²) in [6, 6.07) is 20.2. The SMILES string of the molecule is CC(C)(C)[Si](C)(C)OC1CCC(O)CC1.CC(C)(C)[Si](C)(C)OC1CCC(n2cc(Br)c3cnc(Cl)nc32)CC1.CCCCN.Cc1ncc2c(-c3ccc(F)cc3)cn(C3CCC(O)CC3)c2n1.Cc1ncc2c(-c3ccc(F)cc3)cn(C3CCC(O[Si](C)(C)C(C)(C)C)CC3)c2n1.Cc1ncc2c(Br)cn(C3CCC(O[Si](C)(C)C(C)(C)C)CC3)c2n1.Clc1ncc2c(n1)N[C+]=C2Br.O[B]Oc1ccc(F)cc1. The van der Waals surface area contributed by atoms with Crippen LogP contribution in [0.5, 0.6) is 5.75 Å². The van der Waals surface area contributed by atoms with Gasteiger partial charge in [0.2, 0.25) is 20.6 Å². The third-order valence-corrected chi connectivity index (χ3v) is 51.0. The summed E-state index contributed by atoms with van der Waals surface area (Å²) in [6.45, 7) is 55.0. The van der Waals surface area contributed by atoms with E-state index in [-0.39, 0.29) is 50.1 Å². The van der Waals surface area contributed by atoms with Gasteiger partial charge in [-0.3, -0.25) is 0 Å². The molecule has 12 aromatic rings. The molecule has 0 amide bonds. The predicted molar refractivity (Wildman–Crippen MR) is 610 cm³/mol. The first-order valence-corrected chi connectivity index (χ1v) is 66.5. The topological polar surface area (TPSA) is 294 Å². The summed E-state index contributed by atoms with van der Waals surface area (Å²) >= 11 is 22.1. The van der Waals surface area contributed by atoms with E-state index in [1.807, 2.05) is 51.5 Å². The predicted octanol–water partition coefficient (Wildman–Crippen LogP) is 30.3.